The third kappa shape index (κ3) is 8.03. The van der Waals surface area contributed by atoms with E-state index in [0.717, 1.165) is 12.5 Å². The minimum atomic E-state index is -4.85. The maximum absolute atomic E-state index is 16.1. The van der Waals surface area contributed by atoms with Gasteiger partial charge in [0.05, 0.1) is 23.8 Å². The summed E-state index contributed by atoms with van der Waals surface area (Å²) < 4.78 is 73.2. The van der Waals surface area contributed by atoms with Gasteiger partial charge in [0.2, 0.25) is 0 Å². The summed E-state index contributed by atoms with van der Waals surface area (Å²) in [4.78, 5) is 24.5. The van der Waals surface area contributed by atoms with Crippen molar-refractivity contribution in [2.75, 3.05) is 31.1 Å². The van der Waals surface area contributed by atoms with Crippen molar-refractivity contribution in [1.82, 2.24) is 25.1 Å². The van der Waals surface area contributed by atoms with Gasteiger partial charge in [0.15, 0.2) is 11.7 Å². The lowest BCUT2D eigenvalue weighted by Crippen LogP contribution is -2.51. The Bertz CT molecular complexity index is 1840. The van der Waals surface area contributed by atoms with E-state index in [4.69, 9.17) is 9.47 Å². The Kier molecular flexibility index (Phi) is 9.77. The number of benzene rings is 2. The highest BCUT2D eigenvalue weighted by molar-refractivity contribution is 5.83. The van der Waals surface area contributed by atoms with Gasteiger partial charge in [-0.25, -0.2) is 19.2 Å². The van der Waals surface area contributed by atoms with Gasteiger partial charge in [0.1, 0.15) is 22.7 Å². The van der Waals surface area contributed by atoms with Gasteiger partial charge in [-0.05, 0) is 94.3 Å². The summed E-state index contributed by atoms with van der Waals surface area (Å²) in [6.45, 7) is 6.87. The number of aromatic nitrogens is 4. The van der Waals surface area contributed by atoms with Crippen molar-refractivity contribution >= 4 is 23.7 Å². The van der Waals surface area contributed by atoms with Gasteiger partial charge in [-0.1, -0.05) is 18.2 Å². The average Bonchev–Trinajstić information content (AvgIpc) is 3.08. The maximum atomic E-state index is 16.1. The fraction of sp³-hybridized carbons (Fsp3) is 0.378. The Morgan fingerprint density at radius 2 is 1.68 bits per heavy atom. The van der Waals surface area contributed by atoms with Gasteiger partial charge in [-0.3, -0.25) is 0 Å². The van der Waals surface area contributed by atoms with Crippen LogP contribution in [0.15, 0.2) is 73.2 Å². The van der Waals surface area contributed by atoms with E-state index in [1.54, 1.807) is 73.0 Å². The van der Waals surface area contributed by atoms with Crippen LogP contribution < -0.4 is 9.64 Å². The van der Waals surface area contributed by atoms with Crippen molar-refractivity contribution < 1.29 is 31.8 Å². The summed E-state index contributed by atoms with van der Waals surface area (Å²) in [5.41, 5.74) is -1.20. The average molecular weight is 691 g/mol. The van der Waals surface area contributed by atoms with Crippen molar-refractivity contribution in [3.8, 4) is 22.8 Å². The normalized spacial score (nSPS) is 16.7. The predicted octanol–water partition coefficient (Wildman–Crippen LogP) is 8.83. The summed E-state index contributed by atoms with van der Waals surface area (Å²) in [5, 5.41) is 7.58. The molecule has 9 nitrogen and oxygen atoms in total. The summed E-state index contributed by atoms with van der Waals surface area (Å²) in [7, 11) is 0. The topological polar surface area (TPSA) is 93.6 Å². The highest BCUT2D eigenvalue weighted by Crippen LogP contribution is 2.50. The van der Waals surface area contributed by atoms with E-state index in [1.165, 1.54) is 30.7 Å². The summed E-state index contributed by atoms with van der Waals surface area (Å²) >= 11 is 0. The molecule has 2 aliphatic heterocycles. The van der Waals surface area contributed by atoms with Crippen LogP contribution in [0.5, 0.6) is 11.5 Å². The molecule has 2 aromatic heterocycles. The molecule has 2 saturated heterocycles. The van der Waals surface area contributed by atoms with Gasteiger partial charge in [-0.15, -0.1) is 0 Å². The molecule has 0 aliphatic carbocycles. The highest BCUT2D eigenvalue weighted by Gasteiger charge is 2.45. The second-order valence-electron chi connectivity index (χ2n) is 13.7. The molecule has 262 valence electrons. The molecule has 2 aromatic carbocycles. The summed E-state index contributed by atoms with van der Waals surface area (Å²) in [5.74, 6) is -1.34. The predicted molar refractivity (Wildman–Crippen MR) is 181 cm³/mol. The van der Waals surface area contributed by atoms with Crippen LogP contribution in [0.1, 0.15) is 63.4 Å². The first-order chi connectivity index (χ1) is 23.8. The zero-order chi connectivity index (χ0) is 35.5. The minimum Gasteiger partial charge on any atom is -0.457 e. The lowest BCUT2D eigenvalue weighted by atomic mass is 9.72. The molecule has 0 radical (unpaired) electrons. The van der Waals surface area contributed by atoms with Crippen LogP contribution in [0.25, 0.3) is 23.2 Å². The van der Waals surface area contributed by atoms with Crippen molar-refractivity contribution in [2.45, 2.75) is 58.2 Å². The number of likely N-dealkylation sites (tertiary alicyclic amines) is 1. The molecular weight excluding hydrogens is 652 g/mol. The number of ether oxygens (including phenoxy) is 2. The van der Waals surface area contributed by atoms with Crippen molar-refractivity contribution in [2.24, 2.45) is 5.41 Å². The molecule has 1 amide bonds. The summed E-state index contributed by atoms with van der Waals surface area (Å²) in [6, 6.07) is 14.1. The van der Waals surface area contributed by atoms with Gasteiger partial charge in [-0.2, -0.15) is 23.4 Å². The minimum absolute atomic E-state index is 0.0121. The molecule has 0 atom stereocenters. The molecule has 2 aliphatic rings. The highest BCUT2D eigenvalue weighted by atomic mass is 19.4. The first-order valence-corrected chi connectivity index (χ1v) is 16.5. The van der Waals surface area contributed by atoms with Crippen LogP contribution in [-0.2, 0) is 10.9 Å². The van der Waals surface area contributed by atoms with E-state index in [-0.39, 0.29) is 40.5 Å². The molecule has 6 rings (SSSR count). The lowest BCUT2D eigenvalue weighted by Gasteiger charge is -2.49. The second-order valence-corrected chi connectivity index (χ2v) is 13.7. The van der Waals surface area contributed by atoms with Crippen molar-refractivity contribution in [1.29, 1.82) is 0 Å². The number of halogens is 4. The lowest BCUT2D eigenvalue weighted by molar-refractivity contribution is -0.138. The number of rotatable bonds is 6. The van der Waals surface area contributed by atoms with E-state index >= 15 is 17.6 Å². The van der Waals surface area contributed by atoms with Crippen LogP contribution in [0.3, 0.4) is 0 Å². The van der Waals surface area contributed by atoms with E-state index in [9.17, 15) is 4.79 Å². The fourth-order valence-electron chi connectivity index (χ4n) is 6.60. The third-order valence-electron chi connectivity index (χ3n) is 8.91. The molecule has 4 aromatic rings. The van der Waals surface area contributed by atoms with E-state index in [0.29, 0.717) is 50.2 Å². The monoisotopic (exact) mass is 690 g/mol. The molecule has 50 heavy (non-hydrogen) atoms. The van der Waals surface area contributed by atoms with E-state index < -0.39 is 29.3 Å². The van der Waals surface area contributed by atoms with E-state index in [1.807, 2.05) is 0 Å². The molecule has 4 heterocycles. The van der Waals surface area contributed by atoms with Crippen LogP contribution in [0, 0.1) is 5.41 Å². The van der Waals surface area contributed by atoms with Gasteiger partial charge in [0.25, 0.3) is 0 Å². The molecular formula is C37H38F4N6O3. The fourth-order valence-corrected chi connectivity index (χ4v) is 6.60. The van der Waals surface area contributed by atoms with Crippen LogP contribution >= 0.6 is 0 Å². The zero-order valence-electron chi connectivity index (χ0n) is 28.1. The molecule has 13 heteroatoms. The number of hydrogen-bond acceptors (Lipinski definition) is 8. The smallest absolute Gasteiger partial charge is 0.422 e. The SMILES string of the molecule is CC(C)(C)OC(=O)N1CCC2(CCCN(c3c(/C=C(\F)c4nccc(-c5ccnnc5)n4)ccc(Oc4ccccc4)c3C(F)(F)F)C2)CC1. The number of alkyl halides is 3. The van der Waals surface area contributed by atoms with Crippen LogP contribution in [0.2, 0.25) is 0 Å². The number of piperidine rings is 2. The Labute approximate surface area is 288 Å². The first-order valence-electron chi connectivity index (χ1n) is 16.5. The van der Waals surface area contributed by atoms with Gasteiger partial charge >= 0.3 is 12.3 Å². The molecule has 0 unspecified atom stereocenters. The molecule has 0 N–H and O–H groups in total. The molecule has 1 spiro atoms. The number of para-hydroxylation sites is 1. The molecule has 2 fully saturated rings. The zero-order valence-corrected chi connectivity index (χ0v) is 28.1. The third-order valence-corrected chi connectivity index (χ3v) is 8.91. The van der Waals surface area contributed by atoms with Gasteiger partial charge < -0.3 is 19.3 Å². The second kappa shape index (κ2) is 14.0. The Balaban J connectivity index is 1.39. The Hall–Kier alpha value is -5.07. The van der Waals surface area contributed by atoms with E-state index in [2.05, 4.69) is 20.2 Å². The number of carbonyl (C=O) groups excluding carboxylic acids is 1. The van der Waals surface area contributed by atoms with Crippen molar-refractivity contribution in [3.05, 3.63) is 90.1 Å². The molecule has 0 bridgehead atoms. The van der Waals surface area contributed by atoms with Crippen LogP contribution in [-0.4, -0.2) is 62.9 Å². The largest absolute Gasteiger partial charge is 0.457 e. The summed E-state index contributed by atoms with van der Waals surface area (Å²) in [6.07, 6.45) is 2.70. The standard InChI is InChI=1S/C37H38F4N6O3/c1-35(2,3)50-34(48)46-20-15-36(16-21-46)14-7-19-47(24-36)32-25(10-11-30(31(32)37(39,40)41)49-27-8-5-4-6-9-27)22-28(38)33-42-17-13-29(45-33)26-12-18-43-44-23-26/h4-6,8-13,17-18,22-23H,7,14-16,19-21,24H2,1-3H3/b28-22-. The van der Waals surface area contributed by atoms with Gasteiger partial charge in [0, 0.05) is 43.5 Å². The maximum Gasteiger partial charge on any atom is 0.422 e. The van der Waals surface area contributed by atoms with Crippen LogP contribution in [0.4, 0.5) is 28.0 Å². The number of carbonyl (C=O) groups is 1. The molecule has 0 saturated carbocycles. The Morgan fingerprint density at radius 3 is 2.36 bits per heavy atom. The first kappa shape index (κ1) is 34.8. The number of hydrogen-bond donors (Lipinski definition) is 0. The Morgan fingerprint density at radius 1 is 0.920 bits per heavy atom. The number of amides is 1. The van der Waals surface area contributed by atoms with Crippen molar-refractivity contribution in [3.63, 3.8) is 0 Å². The number of anilines is 1. The number of nitrogens with zero attached hydrogens (tertiary/aromatic N) is 6. The quantitative estimate of drug-likeness (QED) is 0.185.